The summed E-state index contributed by atoms with van der Waals surface area (Å²) in [4.78, 5) is 15.0. The summed E-state index contributed by atoms with van der Waals surface area (Å²) in [5.74, 6) is 2.43. The van der Waals surface area contributed by atoms with Gasteiger partial charge in [-0.2, -0.15) is 11.8 Å². The van der Waals surface area contributed by atoms with Crippen molar-refractivity contribution in [3.8, 4) is 0 Å². The van der Waals surface area contributed by atoms with Crippen LogP contribution in [0.1, 0.15) is 38.5 Å². The number of rotatable bonds is 5. The van der Waals surface area contributed by atoms with Crippen molar-refractivity contribution in [2.24, 2.45) is 0 Å². The fourth-order valence-electron chi connectivity index (χ4n) is 4.16. The number of carbonyl (C=O) groups excluding carboxylic acids is 1. The molecule has 1 atom stereocenters. The van der Waals surface area contributed by atoms with E-state index in [1.807, 2.05) is 11.8 Å². The van der Waals surface area contributed by atoms with E-state index in [2.05, 4.69) is 15.5 Å². The molecule has 0 aromatic heterocycles. The van der Waals surface area contributed by atoms with Crippen LogP contribution in [0.4, 0.5) is 0 Å². The number of amides is 1. The number of ether oxygens (including phenoxy) is 1. The molecule has 3 aliphatic rings. The summed E-state index contributed by atoms with van der Waals surface area (Å²) in [5, 5.41) is 6.72. The van der Waals surface area contributed by atoms with Crippen LogP contribution in [0, 0.1) is 0 Å². The summed E-state index contributed by atoms with van der Waals surface area (Å²) >= 11 is 1.95. The molecular formula is C17H32ClN3O2S. The van der Waals surface area contributed by atoms with Crippen LogP contribution in [0.2, 0.25) is 0 Å². The first kappa shape index (κ1) is 20.3. The highest BCUT2D eigenvalue weighted by molar-refractivity contribution is 7.99. The third-order valence-electron chi connectivity index (χ3n) is 5.51. The number of hydrogen-bond donors (Lipinski definition) is 2. The van der Waals surface area contributed by atoms with Gasteiger partial charge >= 0.3 is 0 Å². The molecule has 2 heterocycles. The molecule has 2 saturated heterocycles. The maximum Gasteiger partial charge on any atom is 0.221 e. The molecule has 2 N–H and O–H groups in total. The molecule has 2 aliphatic heterocycles. The van der Waals surface area contributed by atoms with Gasteiger partial charge in [0.2, 0.25) is 5.91 Å². The number of carbonyl (C=O) groups is 1. The Hall–Kier alpha value is -0.0100. The minimum absolute atomic E-state index is 0. The van der Waals surface area contributed by atoms with Crippen LogP contribution in [0.25, 0.3) is 0 Å². The summed E-state index contributed by atoms with van der Waals surface area (Å²) < 4.78 is 5.52. The molecule has 3 fully saturated rings. The maximum absolute atomic E-state index is 12.4. The SMILES string of the molecule is Cl.O=C(CC1CSCCN1)NCC1(N2CCOCC2)CCCCC1. The molecule has 1 saturated carbocycles. The molecule has 1 unspecified atom stereocenters. The topological polar surface area (TPSA) is 53.6 Å². The highest BCUT2D eigenvalue weighted by atomic mass is 35.5. The molecule has 0 bridgehead atoms. The molecule has 0 radical (unpaired) electrons. The van der Waals surface area contributed by atoms with E-state index in [4.69, 9.17) is 4.74 Å². The Bertz CT molecular complexity index is 382. The predicted octanol–water partition coefficient (Wildman–Crippen LogP) is 1.65. The van der Waals surface area contributed by atoms with Crippen molar-refractivity contribution >= 4 is 30.1 Å². The van der Waals surface area contributed by atoms with Gasteiger partial charge in [-0.15, -0.1) is 12.4 Å². The highest BCUT2D eigenvalue weighted by Gasteiger charge is 2.38. The van der Waals surface area contributed by atoms with Crippen LogP contribution in [0.5, 0.6) is 0 Å². The molecule has 0 aromatic carbocycles. The van der Waals surface area contributed by atoms with Gasteiger partial charge in [0.1, 0.15) is 0 Å². The molecule has 3 rings (SSSR count). The molecule has 7 heteroatoms. The van der Waals surface area contributed by atoms with E-state index in [9.17, 15) is 4.79 Å². The standard InChI is InChI=1S/C17H31N3O2S.ClH/c21-16(12-15-13-23-11-6-18-15)19-14-17(4-2-1-3-5-17)20-7-9-22-10-8-20;/h15,18H,1-14H2,(H,19,21);1H. The zero-order chi connectivity index (χ0) is 16.0. The van der Waals surface area contributed by atoms with E-state index in [1.54, 1.807) is 0 Å². The minimum atomic E-state index is 0. The van der Waals surface area contributed by atoms with Gasteiger partial charge in [0.15, 0.2) is 0 Å². The second-order valence-corrected chi connectivity index (χ2v) is 8.24. The van der Waals surface area contributed by atoms with E-state index in [0.717, 1.165) is 50.9 Å². The van der Waals surface area contributed by atoms with Gasteiger partial charge < -0.3 is 15.4 Å². The molecule has 1 aliphatic carbocycles. The van der Waals surface area contributed by atoms with Gasteiger partial charge in [0.25, 0.3) is 0 Å². The van der Waals surface area contributed by atoms with E-state index >= 15 is 0 Å². The highest BCUT2D eigenvalue weighted by Crippen LogP contribution is 2.33. The Labute approximate surface area is 156 Å². The molecule has 1 amide bonds. The second kappa shape index (κ2) is 10.2. The lowest BCUT2D eigenvalue weighted by molar-refractivity contribution is -0.122. The summed E-state index contributed by atoms with van der Waals surface area (Å²) in [7, 11) is 0. The van der Waals surface area contributed by atoms with Crippen molar-refractivity contribution in [2.45, 2.75) is 50.1 Å². The summed E-state index contributed by atoms with van der Waals surface area (Å²) in [6.07, 6.45) is 6.95. The van der Waals surface area contributed by atoms with E-state index in [0.29, 0.717) is 12.5 Å². The Morgan fingerprint density at radius 1 is 1.25 bits per heavy atom. The van der Waals surface area contributed by atoms with E-state index in [1.165, 1.54) is 32.1 Å². The fraction of sp³-hybridized carbons (Fsp3) is 0.941. The van der Waals surface area contributed by atoms with Crippen LogP contribution >= 0.6 is 24.2 Å². The molecule has 0 spiro atoms. The van der Waals surface area contributed by atoms with Gasteiger partial charge in [0, 0.05) is 55.7 Å². The van der Waals surface area contributed by atoms with Crippen LogP contribution < -0.4 is 10.6 Å². The van der Waals surface area contributed by atoms with E-state index in [-0.39, 0.29) is 23.9 Å². The number of nitrogens with zero attached hydrogens (tertiary/aromatic N) is 1. The Morgan fingerprint density at radius 3 is 2.67 bits per heavy atom. The summed E-state index contributed by atoms with van der Waals surface area (Å²) in [6, 6.07) is 0.347. The zero-order valence-electron chi connectivity index (χ0n) is 14.6. The van der Waals surface area contributed by atoms with Crippen molar-refractivity contribution in [3.63, 3.8) is 0 Å². The smallest absolute Gasteiger partial charge is 0.221 e. The van der Waals surface area contributed by atoms with E-state index < -0.39 is 0 Å². The Morgan fingerprint density at radius 2 is 2.00 bits per heavy atom. The lowest BCUT2D eigenvalue weighted by Crippen LogP contribution is -2.60. The van der Waals surface area contributed by atoms with Crippen LogP contribution in [-0.2, 0) is 9.53 Å². The van der Waals surface area contributed by atoms with Gasteiger partial charge in [0.05, 0.1) is 13.2 Å². The lowest BCUT2D eigenvalue weighted by atomic mass is 9.79. The van der Waals surface area contributed by atoms with Crippen molar-refractivity contribution < 1.29 is 9.53 Å². The molecule has 140 valence electrons. The number of hydrogen-bond acceptors (Lipinski definition) is 5. The van der Waals surface area contributed by atoms with Gasteiger partial charge in [-0.3, -0.25) is 9.69 Å². The normalized spacial score (nSPS) is 27.9. The largest absolute Gasteiger partial charge is 0.379 e. The fourth-order valence-corrected chi connectivity index (χ4v) is 5.11. The Kier molecular flexibility index (Phi) is 8.64. The Balaban J connectivity index is 0.00000208. The second-order valence-electron chi connectivity index (χ2n) is 7.09. The molecular weight excluding hydrogens is 346 g/mol. The number of thioether (sulfide) groups is 1. The van der Waals surface area contributed by atoms with Crippen LogP contribution in [-0.4, -0.2) is 73.3 Å². The van der Waals surface area contributed by atoms with Crippen molar-refractivity contribution in [1.82, 2.24) is 15.5 Å². The van der Waals surface area contributed by atoms with Crippen molar-refractivity contribution in [2.75, 3.05) is 50.9 Å². The quantitative estimate of drug-likeness (QED) is 0.763. The number of halogens is 1. The first-order valence-electron chi connectivity index (χ1n) is 9.19. The van der Waals surface area contributed by atoms with Crippen molar-refractivity contribution in [1.29, 1.82) is 0 Å². The number of morpholine rings is 1. The van der Waals surface area contributed by atoms with Crippen LogP contribution in [0.15, 0.2) is 0 Å². The lowest BCUT2D eigenvalue weighted by Gasteiger charge is -2.48. The van der Waals surface area contributed by atoms with Gasteiger partial charge in [-0.25, -0.2) is 0 Å². The molecule has 5 nitrogen and oxygen atoms in total. The number of nitrogens with one attached hydrogen (secondary N) is 2. The van der Waals surface area contributed by atoms with Gasteiger partial charge in [-0.05, 0) is 12.8 Å². The first-order valence-corrected chi connectivity index (χ1v) is 10.3. The third kappa shape index (κ3) is 5.49. The summed E-state index contributed by atoms with van der Waals surface area (Å²) in [6.45, 7) is 5.53. The average molecular weight is 378 g/mol. The third-order valence-corrected chi connectivity index (χ3v) is 6.64. The molecule has 0 aromatic rings. The summed E-state index contributed by atoms with van der Waals surface area (Å²) in [5.41, 5.74) is 0.173. The average Bonchev–Trinajstić information content (AvgIpc) is 2.62. The minimum Gasteiger partial charge on any atom is -0.379 e. The van der Waals surface area contributed by atoms with Crippen LogP contribution in [0.3, 0.4) is 0 Å². The zero-order valence-corrected chi connectivity index (χ0v) is 16.2. The predicted molar refractivity (Wildman–Crippen MR) is 102 cm³/mol. The van der Waals surface area contributed by atoms with Gasteiger partial charge in [-0.1, -0.05) is 19.3 Å². The maximum atomic E-state index is 12.4. The van der Waals surface area contributed by atoms with Crippen molar-refractivity contribution in [3.05, 3.63) is 0 Å². The molecule has 24 heavy (non-hydrogen) atoms. The monoisotopic (exact) mass is 377 g/mol. The first-order chi connectivity index (χ1) is 11.3.